The molecule has 2 fully saturated rings. The van der Waals surface area contributed by atoms with Crippen molar-refractivity contribution < 1.29 is 4.74 Å². The van der Waals surface area contributed by atoms with Crippen molar-refractivity contribution >= 4 is 0 Å². The fraction of sp³-hybridized carbons (Fsp3) is 1.00. The second kappa shape index (κ2) is 3.97. The molecule has 0 aromatic rings. The zero-order valence-electron chi connectivity index (χ0n) is 8.64. The van der Waals surface area contributed by atoms with Gasteiger partial charge in [0.05, 0.1) is 0 Å². The maximum atomic E-state index is 5.12. The Hall–Kier alpha value is -0.0800. The van der Waals surface area contributed by atoms with Gasteiger partial charge in [0.25, 0.3) is 0 Å². The fourth-order valence-corrected chi connectivity index (χ4v) is 2.76. The Balaban J connectivity index is 1.82. The van der Waals surface area contributed by atoms with Crippen molar-refractivity contribution in [3.63, 3.8) is 0 Å². The number of ether oxygens (including phenoxy) is 1. The third-order valence-corrected chi connectivity index (χ3v) is 3.61. The van der Waals surface area contributed by atoms with Gasteiger partial charge in [0.1, 0.15) is 0 Å². The van der Waals surface area contributed by atoms with E-state index in [9.17, 15) is 0 Å². The minimum Gasteiger partial charge on any atom is -0.385 e. The molecule has 0 spiro atoms. The second-order valence-electron chi connectivity index (χ2n) is 4.56. The first-order chi connectivity index (χ1) is 6.37. The highest BCUT2D eigenvalue weighted by Crippen LogP contribution is 2.46. The molecule has 1 saturated heterocycles. The predicted octanol–water partition coefficient (Wildman–Crippen LogP) is 1.95. The highest BCUT2D eigenvalue weighted by atomic mass is 16.5. The molecule has 2 heteroatoms. The molecule has 13 heavy (non-hydrogen) atoms. The molecule has 0 aromatic heterocycles. The maximum Gasteiger partial charge on any atom is 0.0462 e. The first kappa shape index (κ1) is 9.47. The van der Waals surface area contributed by atoms with E-state index in [-0.39, 0.29) is 0 Å². The van der Waals surface area contributed by atoms with Crippen LogP contribution >= 0.6 is 0 Å². The molecule has 1 saturated carbocycles. The molecule has 1 aliphatic heterocycles. The van der Waals surface area contributed by atoms with Crippen molar-refractivity contribution in [3.8, 4) is 0 Å². The zero-order chi connectivity index (χ0) is 9.15. The van der Waals surface area contributed by atoms with Crippen LogP contribution in [0.5, 0.6) is 0 Å². The maximum absolute atomic E-state index is 5.12. The van der Waals surface area contributed by atoms with Crippen molar-refractivity contribution in [2.45, 2.75) is 44.1 Å². The van der Waals surface area contributed by atoms with E-state index in [1.54, 1.807) is 7.11 Å². The Morgan fingerprint density at radius 1 is 1.46 bits per heavy atom. The number of hydrogen-bond acceptors (Lipinski definition) is 2. The van der Waals surface area contributed by atoms with Gasteiger partial charge in [-0.3, -0.25) is 0 Å². The van der Waals surface area contributed by atoms with E-state index in [1.807, 2.05) is 0 Å². The first-order valence-corrected chi connectivity index (χ1v) is 5.61. The Morgan fingerprint density at radius 2 is 2.31 bits per heavy atom. The van der Waals surface area contributed by atoms with Crippen LogP contribution in [0.1, 0.15) is 38.5 Å². The van der Waals surface area contributed by atoms with E-state index in [1.165, 1.54) is 45.1 Å². The van der Waals surface area contributed by atoms with Gasteiger partial charge >= 0.3 is 0 Å². The van der Waals surface area contributed by atoms with Gasteiger partial charge in [-0.15, -0.1) is 0 Å². The van der Waals surface area contributed by atoms with Crippen LogP contribution in [0.25, 0.3) is 0 Å². The highest BCUT2D eigenvalue weighted by Gasteiger charge is 2.45. The normalized spacial score (nSPS) is 33.9. The van der Waals surface area contributed by atoms with Crippen molar-refractivity contribution in [2.24, 2.45) is 5.92 Å². The van der Waals surface area contributed by atoms with Crippen molar-refractivity contribution in [1.82, 2.24) is 5.32 Å². The highest BCUT2D eigenvalue weighted by molar-refractivity contribution is 5.03. The molecule has 2 rings (SSSR count). The summed E-state index contributed by atoms with van der Waals surface area (Å²) in [5.74, 6) is 0.992. The molecule has 1 aliphatic carbocycles. The van der Waals surface area contributed by atoms with Crippen LogP contribution < -0.4 is 5.32 Å². The minimum absolute atomic E-state index is 0.526. The molecule has 0 radical (unpaired) electrons. The zero-order valence-corrected chi connectivity index (χ0v) is 8.64. The number of methoxy groups -OCH3 is 1. The summed E-state index contributed by atoms with van der Waals surface area (Å²) in [5.41, 5.74) is 0.526. The largest absolute Gasteiger partial charge is 0.385 e. The van der Waals surface area contributed by atoms with E-state index < -0.39 is 0 Å². The van der Waals surface area contributed by atoms with E-state index in [0.717, 1.165) is 12.5 Å². The SMILES string of the molecule is COCCCC1(C2CC2)CCCN1. The number of rotatable bonds is 5. The summed E-state index contributed by atoms with van der Waals surface area (Å²) in [6.07, 6.45) is 8.25. The van der Waals surface area contributed by atoms with Gasteiger partial charge in [0.2, 0.25) is 0 Å². The summed E-state index contributed by atoms with van der Waals surface area (Å²) < 4.78 is 5.12. The molecule has 2 nitrogen and oxygen atoms in total. The lowest BCUT2D eigenvalue weighted by Gasteiger charge is -2.29. The van der Waals surface area contributed by atoms with Gasteiger partial charge in [-0.05, 0) is 51.0 Å². The van der Waals surface area contributed by atoms with Gasteiger partial charge in [0, 0.05) is 19.3 Å². The Kier molecular flexibility index (Phi) is 2.89. The van der Waals surface area contributed by atoms with Crippen LogP contribution in [0.4, 0.5) is 0 Å². The summed E-state index contributed by atoms with van der Waals surface area (Å²) in [5, 5.41) is 3.74. The minimum atomic E-state index is 0.526. The fourth-order valence-electron chi connectivity index (χ4n) is 2.76. The molecule has 1 N–H and O–H groups in total. The number of hydrogen-bond donors (Lipinski definition) is 1. The average Bonchev–Trinajstić information content (AvgIpc) is 2.89. The quantitative estimate of drug-likeness (QED) is 0.658. The molecule has 0 amide bonds. The van der Waals surface area contributed by atoms with Crippen molar-refractivity contribution in [1.29, 1.82) is 0 Å². The van der Waals surface area contributed by atoms with Gasteiger partial charge in [0.15, 0.2) is 0 Å². The lowest BCUT2D eigenvalue weighted by atomic mass is 9.86. The third-order valence-electron chi connectivity index (χ3n) is 3.61. The molecule has 0 aromatic carbocycles. The van der Waals surface area contributed by atoms with Gasteiger partial charge in [-0.1, -0.05) is 0 Å². The van der Waals surface area contributed by atoms with E-state index >= 15 is 0 Å². The van der Waals surface area contributed by atoms with Gasteiger partial charge in [-0.25, -0.2) is 0 Å². The third kappa shape index (κ3) is 2.05. The molecule has 1 unspecified atom stereocenters. The van der Waals surface area contributed by atoms with E-state index in [4.69, 9.17) is 4.74 Å². The van der Waals surface area contributed by atoms with Crippen LogP contribution in [0.3, 0.4) is 0 Å². The topological polar surface area (TPSA) is 21.3 Å². The van der Waals surface area contributed by atoms with Crippen LogP contribution in [-0.4, -0.2) is 25.8 Å². The van der Waals surface area contributed by atoms with Gasteiger partial charge < -0.3 is 10.1 Å². The van der Waals surface area contributed by atoms with E-state index in [2.05, 4.69) is 5.32 Å². The van der Waals surface area contributed by atoms with Crippen LogP contribution in [0.2, 0.25) is 0 Å². The monoisotopic (exact) mass is 183 g/mol. The molecular weight excluding hydrogens is 162 g/mol. The summed E-state index contributed by atoms with van der Waals surface area (Å²) in [6.45, 7) is 2.17. The average molecular weight is 183 g/mol. The standard InChI is InChI=1S/C11H21NO/c1-13-9-3-7-11(10-4-5-10)6-2-8-12-11/h10,12H,2-9H2,1H3. The summed E-state index contributed by atoms with van der Waals surface area (Å²) in [6, 6.07) is 0. The molecule has 76 valence electrons. The molecule has 1 heterocycles. The van der Waals surface area contributed by atoms with Gasteiger partial charge in [-0.2, -0.15) is 0 Å². The molecule has 0 bridgehead atoms. The Morgan fingerprint density at radius 3 is 2.85 bits per heavy atom. The second-order valence-corrected chi connectivity index (χ2v) is 4.56. The molecule has 2 aliphatic rings. The first-order valence-electron chi connectivity index (χ1n) is 5.61. The molecule has 1 atom stereocenters. The van der Waals surface area contributed by atoms with E-state index in [0.29, 0.717) is 5.54 Å². The van der Waals surface area contributed by atoms with Crippen molar-refractivity contribution in [3.05, 3.63) is 0 Å². The number of nitrogens with one attached hydrogen (secondary N) is 1. The van der Waals surface area contributed by atoms with Crippen molar-refractivity contribution in [2.75, 3.05) is 20.3 Å². The Labute approximate surface area is 81.0 Å². The summed E-state index contributed by atoms with van der Waals surface area (Å²) in [7, 11) is 1.80. The summed E-state index contributed by atoms with van der Waals surface area (Å²) >= 11 is 0. The summed E-state index contributed by atoms with van der Waals surface area (Å²) in [4.78, 5) is 0. The molecular formula is C11H21NO. The predicted molar refractivity (Wildman–Crippen MR) is 53.8 cm³/mol. The Bertz CT molecular complexity index is 159. The lowest BCUT2D eigenvalue weighted by molar-refractivity contribution is 0.174. The van der Waals surface area contributed by atoms with Crippen LogP contribution in [0, 0.1) is 5.92 Å². The van der Waals surface area contributed by atoms with Crippen LogP contribution in [-0.2, 0) is 4.74 Å². The smallest absolute Gasteiger partial charge is 0.0462 e. The van der Waals surface area contributed by atoms with Crippen LogP contribution in [0.15, 0.2) is 0 Å². The lowest BCUT2D eigenvalue weighted by Crippen LogP contribution is -2.42.